The van der Waals surface area contributed by atoms with Crippen LogP contribution in [0.4, 0.5) is 5.69 Å². The van der Waals surface area contributed by atoms with Crippen molar-refractivity contribution in [1.29, 1.82) is 0 Å². The van der Waals surface area contributed by atoms with Gasteiger partial charge >= 0.3 is 0 Å². The highest BCUT2D eigenvalue weighted by atomic mass is 32.2. The van der Waals surface area contributed by atoms with E-state index < -0.39 is 10.0 Å². The summed E-state index contributed by atoms with van der Waals surface area (Å²) in [4.78, 5) is 0.270. The van der Waals surface area contributed by atoms with Crippen molar-refractivity contribution in [3.63, 3.8) is 0 Å². The molecule has 0 bridgehead atoms. The van der Waals surface area contributed by atoms with Crippen molar-refractivity contribution in [1.82, 2.24) is 9.62 Å². The minimum atomic E-state index is -3.50. The molecule has 0 aliphatic carbocycles. The van der Waals surface area contributed by atoms with Crippen molar-refractivity contribution in [3.8, 4) is 0 Å². The Morgan fingerprint density at radius 1 is 1.07 bits per heavy atom. The highest BCUT2D eigenvalue weighted by Gasteiger charge is 2.22. The Hall–Kier alpha value is -1.96. The van der Waals surface area contributed by atoms with Crippen molar-refractivity contribution in [2.75, 3.05) is 25.0 Å². The molecule has 0 atom stereocenters. The molecule has 146 valence electrons. The molecule has 0 aromatic heterocycles. The van der Waals surface area contributed by atoms with Gasteiger partial charge in [-0.15, -0.1) is 0 Å². The Kier molecular flexibility index (Phi) is 7.77. The van der Waals surface area contributed by atoms with Crippen molar-refractivity contribution >= 4 is 33.0 Å². The number of anilines is 1. The lowest BCUT2D eigenvalue weighted by Crippen LogP contribution is -2.31. The van der Waals surface area contributed by atoms with Crippen LogP contribution in [0.15, 0.2) is 53.4 Å². The summed E-state index contributed by atoms with van der Waals surface area (Å²) < 4.78 is 26.9. The van der Waals surface area contributed by atoms with Gasteiger partial charge in [-0.3, -0.25) is 0 Å². The van der Waals surface area contributed by atoms with Gasteiger partial charge in [0.05, 0.1) is 4.90 Å². The number of sulfonamides is 1. The number of hydrogen-bond acceptors (Lipinski definition) is 3. The van der Waals surface area contributed by atoms with Gasteiger partial charge in [-0.05, 0) is 48.8 Å². The van der Waals surface area contributed by atoms with Crippen molar-refractivity contribution in [2.24, 2.45) is 0 Å². The van der Waals surface area contributed by atoms with Gasteiger partial charge in [-0.2, -0.15) is 4.31 Å². The standard InChI is InChI=1S/C20H27N3O2S2/c1-4-23(5-2)27(24,25)18-12-11-16(3)19(15-18)22-20(26)21-14-13-17-9-7-6-8-10-17/h6-12,15H,4-5,13-14H2,1-3H3,(H2,21,22,26). The molecule has 0 amide bonds. The Balaban J connectivity index is 2.04. The molecule has 0 heterocycles. The van der Waals surface area contributed by atoms with E-state index in [9.17, 15) is 8.42 Å². The van der Waals surface area contributed by atoms with Crippen molar-refractivity contribution in [2.45, 2.75) is 32.1 Å². The van der Waals surface area contributed by atoms with E-state index in [4.69, 9.17) is 12.2 Å². The molecule has 0 unspecified atom stereocenters. The van der Waals surface area contributed by atoms with Crippen LogP contribution in [0.3, 0.4) is 0 Å². The quantitative estimate of drug-likeness (QED) is 0.658. The van der Waals surface area contributed by atoms with Gasteiger partial charge in [0.2, 0.25) is 10.0 Å². The zero-order chi connectivity index (χ0) is 19.9. The second-order valence-corrected chi connectivity index (χ2v) is 8.53. The summed E-state index contributed by atoms with van der Waals surface area (Å²) >= 11 is 5.36. The number of aryl methyl sites for hydroxylation is 1. The summed E-state index contributed by atoms with van der Waals surface area (Å²) in [5.74, 6) is 0. The van der Waals surface area contributed by atoms with Crippen molar-refractivity contribution in [3.05, 3.63) is 59.7 Å². The molecule has 7 heteroatoms. The first-order valence-corrected chi connectivity index (χ1v) is 10.9. The number of nitrogens with zero attached hydrogens (tertiary/aromatic N) is 1. The van der Waals surface area contributed by atoms with Crippen molar-refractivity contribution < 1.29 is 8.42 Å². The van der Waals surface area contributed by atoms with Gasteiger partial charge in [0.15, 0.2) is 5.11 Å². The van der Waals surface area contributed by atoms with Crippen LogP contribution in [-0.4, -0.2) is 37.5 Å². The van der Waals surface area contributed by atoms with E-state index in [1.807, 2.05) is 39.0 Å². The summed E-state index contributed by atoms with van der Waals surface area (Å²) in [6, 6.07) is 15.2. The molecule has 27 heavy (non-hydrogen) atoms. The Morgan fingerprint density at radius 3 is 2.37 bits per heavy atom. The van der Waals surface area contributed by atoms with Crippen LogP contribution >= 0.6 is 12.2 Å². The number of nitrogens with one attached hydrogen (secondary N) is 2. The molecular weight excluding hydrogens is 378 g/mol. The van der Waals surface area contributed by atoms with Crippen LogP contribution in [0, 0.1) is 6.92 Å². The van der Waals surface area contributed by atoms with E-state index in [2.05, 4.69) is 22.8 Å². The van der Waals surface area contributed by atoms with Gasteiger partial charge in [0, 0.05) is 25.3 Å². The molecule has 2 rings (SSSR count). The topological polar surface area (TPSA) is 61.4 Å². The normalized spacial score (nSPS) is 11.4. The second kappa shape index (κ2) is 9.82. The summed E-state index contributed by atoms with van der Waals surface area (Å²) in [6.45, 7) is 7.17. The molecular formula is C20H27N3O2S2. The van der Waals surface area contributed by atoms with Gasteiger partial charge in [0.1, 0.15) is 0 Å². The van der Waals surface area contributed by atoms with E-state index in [1.165, 1.54) is 9.87 Å². The van der Waals surface area contributed by atoms with Crippen LogP contribution in [0.25, 0.3) is 0 Å². The summed E-state index contributed by atoms with van der Waals surface area (Å²) in [5.41, 5.74) is 2.86. The summed E-state index contributed by atoms with van der Waals surface area (Å²) in [7, 11) is -3.50. The summed E-state index contributed by atoms with van der Waals surface area (Å²) in [5, 5.41) is 6.77. The molecule has 0 aliphatic heterocycles. The van der Waals surface area contributed by atoms with Gasteiger partial charge in [-0.25, -0.2) is 8.42 Å². The molecule has 2 aromatic rings. The van der Waals surface area contributed by atoms with Crippen LogP contribution in [-0.2, 0) is 16.4 Å². The molecule has 2 N–H and O–H groups in total. The zero-order valence-corrected chi connectivity index (χ0v) is 17.7. The number of benzene rings is 2. The maximum Gasteiger partial charge on any atom is 0.243 e. The van der Waals surface area contributed by atoms with Gasteiger partial charge < -0.3 is 10.6 Å². The third-order valence-corrected chi connectivity index (χ3v) is 6.63. The first-order valence-electron chi connectivity index (χ1n) is 9.08. The lowest BCUT2D eigenvalue weighted by Gasteiger charge is -2.20. The molecule has 0 radical (unpaired) electrons. The molecule has 5 nitrogen and oxygen atoms in total. The average Bonchev–Trinajstić information content (AvgIpc) is 2.65. The highest BCUT2D eigenvalue weighted by molar-refractivity contribution is 7.89. The first-order chi connectivity index (χ1) is 12.9. The Bertz CT molecular complexity index is 864. The monoisotopic (exact) mass is 405 g/mol. The zero-order valence-electron chi connectivity index (χ0n) is 16.0. The third kappa shape index (κ3) is 5.76. The largest absolute Gasteiger partial charge is 0.362 e. The third-order valence-electron chi connectivity index (χ3n) is 4.34. The fraction of sp³-hybridized carbons (Fsp3) is 0.350. The average molecular weight is 406 g/mol. The lowest BCUT2D eigenvalue weighted by atomic mass is 10.1. The number of hydrogen-bond donors (Lipinski definition) is 2. The maximum absolute atomic E-state index is 12.7. The number of thiocarbonyl (C=S) groups is 1. The highest BCUT2D eigenvalue weighted by Crippen LogP contribution is 2.23. The lowest BCUT2D eigenvalue weighted by molar-refractivity contribution is 0.445. The minimum absolute atomic E-state index is 0.270. The molecule has 0 spiro atoms. The van der Waals surface area contributed by atoms with E-state index in [-0.39, 0.29) is 4.90 Å². The van der Waals surface area contributed by atoms with Crippen LogP contribution in [0.2, 0.25) is 0 Å². The maximum atomic E-state index is 12.7. The molecule has 2 aromatic carbocycles. The van der Waals surface area contributed by atoms with Gasteiger partial charge in [0.25, 0.3) is 0 Å². The fourth-order valence-corrected chi connectivity index (χ4v) is 4.44. The minimum Gasteiger partial charge on any atom is -0.362 e. The SMILES string of the molecule is CCN(CC)S(=O)(=O)c1ccc(C)c(NC(=S)NCCc2ccccc2)c1. The first kappa shape index (κ1) is 21.3. The second-order valence-electron chi connectivity index (χ2n) is 6.18. The van der Waals surface area contributed by atoms with Crippen LogP contribution < -0.4 is 10.6 Å². The Morgan fingerprint density at radius 2 is 1.74 bits per heavy atom. The van der Waals surface area contributed by atoms with E-state index in [0.29, 0.717) is 30.4 Å². The predicted molar refractivity (Wildman–Crippen MR) is 116 cm³/mol. The fourth-order valence-electron chi connectivity index (χ4n) is 2.74. The van der Waals surface area contributed by atoms with Crippen LogP contribution in [0.1, 0.15) is 25.0 Å². The molecule has 0 fully saturated rings. The summed E-state index contributed by atoms with van der Waals surface area (Å²) in [6.07, 6.45) is 0.859. The van der Waals surface area contributed by atoms with E-state index in [0.717, 1.165) is 12.0 Å². The number of rotatable bonds is 8. The molecule has 0 saturated carbocycles. The molecule has 0 aliphatic rings. The van der Waals surface area contributed by atoms with Gasteiger partial charge in [-0.1, -0.05) is 50.2 Å². The predicted octanol–water partition coefficient (Wildman–Crippen LogP) is 3.55. The molecule has 0 saturated heterocycles. The van der Waals surface area contributed by atoms with Crippen LogP contribution in [0.5, 0.6) is 0 Å². The van der Waals surface area contributed by atoms with E-state index >= 15 is 0 Å². The Labute approximate surface area is 167 Å². The van der Waals surface area contributed by atoms with E-state index in [1.54, 1.807) is 18.2 Å². The smallest absolute Gasteiger partial charge is 0.243 e.